The van der Waals surface area contributed by atoms with E-state index in [0.717, 1.165) is 37.9 Å². The number of hydrogen-bond donors (Lipinski definition) is 1. The molecule has 0 aromatic heterocycles. The highest BCUT2D eigenvalue weighted by Crippen LogP contribution is 2.56. The Hall–Kier alpha value is -0.570. The van der Waals surface area contributed by atoms with Gasteiger partial charge in [-0.25, -0.2) is 0 Å². The van der Waals surface area contributed by atoms with E-state index in [0.29, 0.717) is 23.8 Å². The number of likely N-dealkylation sites (tertiary alicyclic amines) is 1. The van der Waals surface area contributed by atoms with Crippen LogP contribution in [0.1, 0.15) is 52.4 Å². The Balaban J connectivity index is 1.57. The predicted molar refractivity (Wildman–Crippen MR) is 81.4 cm³/mol. The Morgan fingerprint density at radius 3 is 2.45 bits per heavy atom. The van der Waals surface area contributed by atoms with E-state index in [2.05, 4.69) is 24.1 Å². The van der Waals surface area contributed by atoms with Crippen LogP contribution in [0.5, 0.6) is 0 Å². The number of hydrogen-bond acceptors (Lipinski definition) is 2. The molecule has 3 aliphatic rings. The fourth-order valence-corrected chi connectivity index (χ4v) is 4.75. The average Bonchev–Trinajstić information content (AvgIpc) is 3.21. The Bertz CT molecular complexity index is 345. The van der Waals surface area contributed by atoms with Gasteiger partial charge in [-0.3, -0.25) is 4.79 Å². The molecule has 2 aliphatic carbocycles. The van der Waals surface area contributed by atoms with Crippen molar-refractivity contribution in [2.45, 2.75) is 58.4 Å². The van der Waals surface area contributed by atoms with Gasteiger partial charge in [0.25, 0.3) is 0 Å². The van der Waals surface area contributed by atoms with Gasteiger partial charge in [-0.15, -0.1) is 0 Å². The van der Waals surface area contributed by atoms with Crippen LogP contribution in [-0.4, -0.2) is 36.5 Å². The fraction of sp³-hybridized carbons (Fsp3) is 0.941. The molecular weight excluding hydrogens is 248 g/mol. The molecule has 0 bridgehead atoms. The van der Waals surface area contributed by atoms with Crippen LogP contribution in [0.4, 0.5) is 0 Å². The topological polar surface area (TPSA) is 32.3 Å². The first-order valence-electron chi connectivity index (χ1n) is 8.78. The minimum absolute atomic E-state index is 0.408. The van der Waals surface area contributed by atoms with Gasteiger partial charge >= 0.3 is 0 Å². The van der Waals surface area contributed by atoms with Crippen LogP contribution in [0.25, 0.3) is 0 Å². The third kappa shape index (κ3) is 2.61. The van der Waals surface area contributed by atoms with Gasteiger partial charge in [0.2, 0.25) is 5.91 Å². The van der Waals surface area contributed by atoms with E-state index in [9.17, 15) is 4.79 Å². The van der Waals surface area contributed by atoms with Gasteiger partial charge in [0, 0.05) is 25.0 Å². The molecule has 0 aromatic carbocycles. The van der Waals surface area contributed by atoms with E-state index in [-0.39, 0.29) is 0 Å². The van der Waals surface area contributed by atoms with Crippen molar-refractivity contribution in [3.05, 3.63) is 0 Å². The maximum absolute atomic E-state index is 12.8. The van der Waals surface area contributed by atoms with Crippen molar-refractivity contribution in [3.8, 4) is 0 Å². The number of carbonyl (C=O) groups is 1. The number of nitrogens with one attached hydrogen (secondary N) is 1. The summed E-state index contributed by atoms with van der Waals surface area (Å²) in [5.74, 6) is 3.06. The molecular formula is C17H30N2O. The SMILES string of the molecule is CCNC1CCN(C(=O)C2C3CCCCC32)CC1CC. The second kappa shape index (κ2) is 6.05. The standard InChI is InChI=1S/C17H30N2O/c1-3-12-11-19(10-9-15(12)18-4-2)17(20)16-13-7-5-6-8-14(13)16/h12-16,18H,3-11H2,1-2H3. The van der Waals surface area contributed by atoms with Crippen molar-refractivity contribution < 1.29 is 4.79 Å². The minimum Gasteiger partial charge on any atom is -0.342 e. The Labute approximate surface area is 123 Å². The van der Waals surface area contributed by atoms with Crippen LogP contribution in [0.15, 0.2) is 0 Å². The number of fused-ring (bicyclic) bond motifs is 1. The lowest BCUT2D eigenvalue weighted by Gasteiger charge is -2.39. The van der Waals surface area contributed by atoms with E-state index in [4.69, 9.17) is 0 Å². The Morgan fingerprint density at radius 2 is 1.85 bits per heavy atom. The molecule has 114 valence electrons. The highest BCUT2D eigenvalue weighted by Gasteiger charge is 2.56. The van der Waals surface area contributed by atoms with Crippen molar-refractivity contribution in [2.75, 3.05) is 19.6 Å². The average molecular weight is 278 g/mol. The smallest absolute Gasteiger partial charge is 0.226 e. The number of piperidine rings is 1. The molecule has 2 saturated carbocycles. The lowest BCUT2D eigenvalue weighted by molar-refractivity contribution is -0.135. The van der Waals surface area contributed by atoms with Gasteiger partial charge in [-0.05, 0) is 43.6 Å². The lowest BCUT2D eigenvalue weighted by atomic mass is 9.89. The van der Waals surface area contributed by atoms with Crippen LogP contribution in [-0.2, 0) is 4.79 Å². The Morgan fingerprint density at radius 1 is 1.15 bits per heavy atom. The van der Waals surface area contributed by atoms with Gasteiger partial charge in [0.15, 0.2) is 0 Å². The molecule has 0 aromatic rings. The largest absolute Gasteiger partial charge is 0.342 e. The van der Waals surface area contributed by atoms with Crippen LogP contribution >= 0.6 is 0 Å². The summed E-state index contributed by atoms with van der Waals surface area (Å²) in [7, 11) is 0. The van der Waals surface area contributed by atoms with Crippen molar-refractivity contribution in [2.24, 2.45) is 23.7 Å². The summed E-state index contributed by atoms with van der Waals surface area (Å²) in [5.41, 5.74) is 0. The normalized spacial score (nSPS) is 40.3. The molecule has 0 spiro atoms. The summed E-state index contributed by atoms with van der Waals surface area (Å²) < 4.78 is 0. The van der Waals surface area contributed by atoms with Crippen molar-refractivity contribution in [1.29, 1.82) is 0 Å². The second-order valence-electron chi connectivity index (χ2n) is 7.04. The predicted octanol–water partition coefficient (Wildman–Crippen LogP) is 2.66. The van der Waals surface area contributed by atoms with Crippen LogP contribution in [0.3, 0.4) is 0 Å². The molecule has 0 radical (unpaired) electrons. The molecule has 1 N–H and O–H groups in total. The maximum Gasteiger partial charge on any atom is 0.226 e. The molecule has 3 rings (SSSR count). The van der Waals surface area contributed by atoms with Gasteiger partial charge in [0.1, 0.15) is 0 Å². The van der Waals surface area contributed by atoms with Gasteiger partial charge in [-0.2, -0.15) is 0 Å². The minimum atomic E-state index is 0.408. The zero-order valence-electron chi connectivity index (χ0n) is 13.1. The summed E-state index contributed by atoms with van der Waals surface area (Å²) in [5, 5.41) is 3.60. The van der Waals surface area contributed by atoms with Crippen LogP contribution in [0.2, 0.25) is 0 Å². The number of amides is 1. The lowest BCUT2D eigenvalue weighted by Crippen LogP contribution is -2.51. The molecule has 3 heteroatoms. The summed E-state index contributed by atoms with van der Waals surface area (Å²) in [6.45, 7) is 7.45. The third-order valence-electron chi connectivity index (χ3n) is 5.98. The highest BCUT2D eigenvalue weighted by atomic mass is 16.2. The van der Waals surface area contributed by atoms with Gasteiger partial charge < -0.3 is 10.2 Å². The quantitative estimate of drug-likeness (QED) is 0.857. The molecule has 3 fully saturated rings. The number of rotatable bonds is 4. The van der Waals surface area contributed by atoms with Crippen LogP contribution in [0, 0.1) is 23.7 Å². The summed E-state index contributed by atoms with van der Waals surface area (Å²) in [6.07, 6.45) is 7.65. The Kier molecular flexibility index (Phi) is 4.34. The van der Waals surface area contributed by atoms with Gasteiger partial charge in [-0.1, -0.05) is 33.1 Å². The van der Waals surface area contributed by atoms with E-state index < -0.39 is 0 Å². The molecule has 3 nitrogen and oxygen atoms in total. The first kappa shape index (κ1) is 14.4. The summed E-state index contributed by atoms with van der Waals surface area (Å²) >= 11 is 0. The maximum atomic E-state index is 12.8. The first-order valence-corrected chi connectivity index (χ1v) is 8.78. The van der Waals surface area contributed by atoms with Crippen molar-refractivity contribution in [3.63, 3.8) is 0 Å². The molecule has 1 aliphatic heterocycles. The molecule has 4 unspecified atom stereocenters. The number of carbonyl (C=O) groups excluding carboxylic acids is 1. The van der Waals surface area contributed by atoms with Crippen LogP contribution < -0.4 is 5.32 Å². The zero-order valence-corrected chi connectivity index (χ0v) is 13.1. The van der Waals surface area contributed by atoms with E-state index in [1.807, 2.05) is 0 Å². The summed E-state index contributed by atoms with van der Waals surface area (Å²) in [4.78, 5) is 15.0. The number of nitrogens with zero attached hydrogens (tertiary/aromatic N) is 1. The molecule has 1 saturated heterocycles. The van der Waals surface area contributed by atoms with Crippen molar-refractivity contribution in [1.82, 2.24) is 10.2 Å². The molecule has 20 heavy (non-hydrogen) atoms. The zero-order chi connectivity index (χ0) is 14.1. The molecule has 1 heterocycles. The third-order valence-corrected chi connectivity index (χ3v) is 5.98. The molecule has 1 amide bonds. The second-order valence-corrected chi connectivity index (χ2v) is 7.04. The van der Waals surface area contributed by atoms with E-state index in [1.54, 1.807) is 0 Å². The van der Waals surface area contributed by atoms with Gasteiger partial charge in [0.05, 0.1) is 0 Å². The van der Waals surface area contributed by atoms with E-state index >= 15 is 0 Å². The fourth-order valence-electron chi connectivity index (χ4n) is 4.75. The molecule has 4 atom stereocenters. The highest BCUT2D eigenvalue weighted by molar-refractivity contribution is 5.82. The van der Waals surface area contributed by atoms with Crippen molar-refractivity contribution >= 4 is 5.91 Å². The first-order chi connectivity index (χ1) is 9.76. The summed E-state index contributed by atoms with van der Waals surface area (Å²) in [6, 6.07) is 0.621. The van der Waals surface area contributed by atoms with E-state index in [1.165, 1.54) is 32.1 Å². The monoisotopic (exact) mass is 278 g/mol.